The Hall–Kier alpha value is -3.23. The number of halogens is 2. The maximum absolute atomic E-state index is 13.0. The van der Waals surface area contributed by atoms with Gasteiger partial charge in [-0.25, -0.2) is 9.07 Å². The Bertz CT molecular complexity index is 1060. The molecule has 1 aromatic heterocycles. The maximum Gasteiger partial charge on any atom is 0.185 e. The molecule has 134 valence electrons. The fourth-order valence-corrected chi connectivity index (χ4v) is 2.92. The number of aryl methyl sites for hydroxylation is 1. The molecule has 0 fully saturated rings. The standard InChI is InChI=1S/C21H15ClFN3O/c1-14-19(9-10-20(27)17-4-2-3-16(11-17)12-24)21(22)26(25-14)13-15-5-7-18(23)8-6-15/h2-11H,13H2,1H3/b10-9+. The molecular weight excluding hydrogens is 365 g/mol. The molecule has 0 radical (unpaired) electrons. The largest absolute Gasteiger partial charge is 0.289 e. The molecule has 0 aliphatic heterocycles. The van der Waals surface area contributed by atoms with Gasteiger partial charge in [-0.05, 0) is 48.9 Å². The monoisotopic (exact) mass is 379 g/mol. The van der Waals surface area contributed by atoms with Crippen molar-refractivity contribution < 1.29 is 9.18 Å². The third-order valence-electron chi connectivity index (χ3n) is 4.03. The lowest BCUT2D eigenvalue weighted by atomic mass is 10.1. The van der Waals surface area contributed by atoms with E-state index in [0.717, 1.165) is 5.56 Å². The second-order valence-corrected chi connectivity index (χ2v) is 6.32. The number of carbonyl (C=O) groups is 1. The number of hydrogen-bond acceptors (Lipinski definition) is 3. The number of aromatic nitrogens is 2. The molecule has 2 aromatic carbocycles. The first kappa shape index (κ1) is 18.6. The molecule has 3 rings (SSSR count). The molecule has 0 saturated carbocycles. The van der Waals surface area contributed by atoms with E-state index >= 15 is 0 Å². The van der Waals surface area contributed by atoms with E-state index in [9.17, 15) is 9.18 Å². The Morgan fingerprint density at radius 1 is 1.30 bits per heavy atom. The van der Waals surface area contributed by atoms with Crippen LogP contribution in [-0.4, -0.2) is 15.6 Å². The van der Waals surface area contributed by atoms with Crippen molar-refractivity contribution >= 4 is 23.5 Å². The van der Waals surface area contributed by atoms with Crippen molar-refractivity contribution in [2.24, 2.45) is 0 Å². The Labute approximate surface area is 161 Å². The van der Waals surface area contributed by atoms with E-state index in [-0.39, 0.29) is 11.6 Å². The van der Waals surface area contributed by atoms with Gasteiger partial charge in [-0.15, -0.1) is 0 Å². The summed E-state index contributed by atoms with van der Waals surface area (Å²) in [4.78, 5) is 12.3. The first-order valence-corrected chi connectivity index (χ1v) is 8.55. The SMILES string of the molecule is Cc1nn(Cc2ccc(F)cc2)c(Cl)c1/C=C/C(=O)c1cccc(C#N)c1. The topological polar surface area (TPSA) is 58.7 Å². The highest BCUT2D eigenvalue weighted by atomic mass is 35.5. The Morgan fingerprint density at radius 3 is 2.74 bits per heavy atom. The number of benzene rings is 2. The van der Waals surface area contributed by atoms with E-state index in [0.29, 0.717) is 34.1 Å². The second-order valence-electron chi connectivity index (χ2n) is 5.96. The number of nitrogens with zero attached hydrogens (tertiary/aromatic N) is 3. The van der Waals surface area contributed by atoms with Gasteiger partial charge >= 0.3 is 0 Å². The molecule has 1 heterocycles. The number of carbonyl (C=O) groups excluding carboxylic acids is 1. The van der Waals surface area contributed by atoms with Crippen LogP contribution in [0, 0.1) is 24.1 Å². The van der Waals surface area contributed by atoms with E-state index in [2.05, 4.69) is 5.10 Å². The van der Waals surface area contributed by atoms with Crippen LogP contribution in [0.5, 0.6) is 0 Å². The lowest BCUT2D eigenvalue weighted by Gasteiger charge is -2.03. The van der Waals surface area contributed by atoms with Crippen molar-refractivity contribution in [3.8, 4) is 6.07 Å². The summed E-state index contributed by atoms with van der Waals surface area (Å²) in [5.74, 6) is -0.530. The summed E-state index contributed by atoms with van der Waals surface area (Å²) in [7, 11) is 0. The van der Waals surface area contributed by atoms with E-state index < -0.39 is 0 Å². The van der Waals surface area contributed by atoms with Gasteiger partial charge in [-0.2, -0.15) is 10.4 Å². The van der Waals surface area contributed by atoms with E-state index in [1.165, 1.54) is 18.2 Å². The van der Waals surface area contributed by atoms with Crippen LogP contribution in [-0.2, 0) is 6.54 Å². The van der Waals surface area contributed by atoms with Crippen LogP contribution < -0.4 is 0 Å². The van der Waals surface area contributed by atoms with Gasteiger partial charge in [0.15, 0.2) is 5.78 Å². The Kier molecular flexibility index (Phi) is 5.49. The molecule has 0 saturated heterocycles. The van der Waals surface area contributed by atoms with Gasteiger partial charge in [0.25, 0.3) is 0 Å². The van der Waals surface area contributed by atoms with Crippen LogP contribution in [0.2, 0.25) is 5.15 Å². The van der Waals surface area contributed by atoms with Gasteiger partial charge < -0.3 is 0 Å². The molecule has 0 spiro atoms. The lowest BCUT2D eigenvalue weighted by molar-refractivity contribution is 0.104. The van der Waals surface area contributed by atoms with E-state index in [4.69, 9.17) is 16.9 Å². The van der Waals surface area contributed by atoms with Gasteiger partial charge in [0.2, 0.25) is 0 Å². The predicted molar refractivity (Wildman–Crippen MR) is 102 cm³/mol. The predicted octanol–water partition coefficient (Wildman–Crippen LogP) is 4.80. The zero-order valence-corrected chi connectivity index (χ0v) is 15.2. The first-order valence-electron chi connectivity index (χ1n) is 8.18. The summed E-state index contributed by atoms with van der Waals surface area (Å²) in [6, 6.07) is 14.6. The molecule has 0 unspecified atom stereocenters. The number of hydrogen-bond donors (Lipinski definition) is 0. The number of ketones is 1. The zero-order valence-electron chi connectivity index (χ0n) is 14.5. The minimum absolute atomic E-state index is 0.228. The van der Waals surface area contributed by atoms with Crippen LogP contribution in [0.1, 0.15) is 32.7 Å². The zero-order chi connectivity index (χ0) is 19.4. The normalized spacial score (nSPS) is 10.9. The summed E-state index contributed by atoms with van der Waals surface area (Å²) in [6.07, 6.45) is 3.03. The molecule has 0 bridgehead atoms. The average Bonchev–Trinajstić information content (AvgIpc) is 2.94. The number of nitriles is 1. The maximum atomic E-state index is 13.0. The van der Waals surface area contributed by atoms with Crippen LogP contribution in [0.25, 0.3) is 6.08 Å². The number of allylic oxidation sites excluding steroid dienone is 1. The highest BCUT2D eigenvalue weighted by molar-refractivity contribution is 6.31. The number of rotatable bonds is 5. The fraction of sp³-hybridized carbons (Fsp3) is 0.0952. The van der Waals surface area contributed by atoms with Crippen molar-refractivity contribution in [1.29, 1.82) is 5.26 Å². The molecule has 27 heavy (non-hydrogen) atoms. The smallest absolute Gasteiger partial charge is 0.185 e. The molecule has 0 aliphatic carbocycles. The molecule has 3 aromatic rings. The minimum Gasteiger partial charge on any atom is -0.289 e. The van der Waals surface area contributed by atoms with Crippen molar-refractivity contribution in [2.75, 3.05) is 0 Å². The summed E-state index contributed by atoms with van der Waals surface area (Å²) in [5, 5.41) is 13.7. The molecule has 0 atom stereocenters. The molecular formula is C21H15ClFN3O. The van der Waals surface area contributed by atoms with Crippen LogP contribution in [0.15, 0.2) is 54.6 Å². The summed E-state index contributed by atoms with van der Waals surface area (Å²) in [5.41, 5.74) is 3.04. The van der Waals surface area contributed by atoms with E-state index in [1.807, 2.05) is 6.07 Å². The summed E-state index contributed by atoms with van der Waals surface area (Å²) < 4.78 is 14.6. The van der Waals surface area contributed by atoms with E-state index in [1.54, 1.807) is 54.1 Å². The molecule has 6 heteroatoms. The Morgan fingerprint density at radius 2 is 2.04 bits per heavy atom. The van der Waals surface area contributed by atoms with Gasteiger partial charge in [0.1, 0.15) is 11.0 Å². The highest BCUT2D eigenvalue weighted by Gasteiger charge is 2.12. The molecule has 0 amide bonds. The van der Waals surface area contributed by atoms with Gasteiger partial charge in [0.05, 0.1) is 23.9 Å². The lowest BCUT2D eigenvalue weighted by Crippen LogP contribution is -2.02. The molecule has 0 N–H and O–H groups in total. The molecule has 0 aliphatic rings. The van der Waals surface area contributed by atoms with Crippen molar-refractivity contribution in [3.05, 3.63) is 93.5 Å². The minimum atomic E-state index is -0.302. The summed E-state index contributed by atoms with van der Waals surface area (Å²) >= 11 is 6.41. The van der Waals surface area contributed by atoms with Crippen molar-refractivity contribution in [2.45, 2.75) is 13.5 Å². The quantitative estimate of drug-likeness (QED) is 0.472. The van der Waals surface area contributed by atoms with Gasteiger partial charge in [-0.3, -0.25) is 4.79 Å². The third kappa shape index (κ3) is 4.30. The first-order chi connectivity index (χ1) is 13.0. The van der Waals surface area contributed by atoms with Crippen molar-refractivity contribution in [3.63, 3.8) is 0 Å². The molecule has 4 nitrogen and oxygen atoms in total. The highest BCUT2D eigenvalue weighted by Crippen LogP contribution is 2.23. The van der Waals surface area contributed by atoms with Gasteiger partial charge in [-0.1, -0.05) is 35.9 Å². The van der Waals surface area contributed by atoms with Gasteiger partial charge in [0, 0.05) is 11.1 Å². The van der Waals surface area contributed by atoms with Crippen LogP contribution >= 0.6 is 11.6 Å². The van der Waals surface area contributed by atoms with Crippen LogP contribution in [0.4, 0.5) is 4.39 Å². The summed E-state index contributed by atoms with van der Waals surface area (Å²) in [6.45, 7) is 2.19. The fourth-order valence-electron chi connectivity index (χ4n) is 2.62. The second kappa shape index (κ2) is 7.98. The average molecular weight is 380 g/mol. The third-order valence-corrected chi connectivity index (χ3v) is 4.43. The van der Waals surface area contributed by atoms with Crippen molar-refractivity contribution in [1.82, 2.24) is 9.78 Å². The van der Waals surface area contributed by atoms with Crippen LogP contribution in [0.3, 0.4) is 0 Å². The Balaban J connectivity index is 1.81.